The summed E-state index contributed by atoms with van der Waals surface area (Å²) in [7, 11) is 0. The fourth-order valence-electron chi connectivity index (χ4n) is 7.66. The van der Waals surface area contributed by atoms with Gasteiger partial charge in [-0.15, -0.1) is 0 Å². The van der Waals surface area contributed by atoms with Gasteiger partial charge in [-0.05, 0) is 53.6 Å². The first-order valence-corrected chi connectivity index (χ1v) is 15.6. The lowest BCUT2D eigenvalue weighted by Gasteiger charge is -2.13. The quantitative estimate of drug-likeness (QED) is 0.184. The van der Waals surface area contributed by atoms with Crippen molar-refractivity contribution in [3.8, 4) is 17.2 Å². The second-order valence-corrected chi connectivity index (χ2v) is 12.2. The fourth-order valence-corrected chi connectivity index (χ4v) is 7.66. The minimum absolute atomic E-state index is 0.0801. The van der Waals surface area contributed by atoms with E-state index in [-0.39, 0.29) is 41.6 Å². The Kier molecular flexibility index (Phi) is 3.80. The minimum atomic E-state index is -0.263. The highest BCUT2D eigenvalue weighted by Crippen LogP contribution is 2.44. The van der Waals surface area contributed by atoms with Gasteiger partial charge >= 0.3 is 0 Å². The first-order valence-electron chi connectivity index (χ1n) is 18.6. The molecular formula is C43H26N4. The Morgan fingerprint density at radius 1 is 0.553 bits per heavy atom. The van der Waals surface area contributed by atoms with Crippen LogP contribution < -0.4 is 0 Å². The van der Waals surface area contributed by atoms with Crippen LogP contribution in [0.15, 0.2) is 139 Å². The fraction of sp³-hybridized carbons (Fsp3) is 0.0233. The summed E-state index contributed by atoms with van der Waals surface area (Å²) in [5.41, 5.74) is 6.16. The van der Waals surface area contributed by atoms with E-state index in [1.54, 1.807) is 6.92 Å². The smallest absolute Gasteiger partial charge is 0.235 e. The van der Waals surface area contributed by atoms with Gasteiger partial charge < -0.3 is 4.40 Å². The molecule has 0 N–H and O–H groups in total. The largest absolute Gasteiger partial charge is 0.308 e. The number of benzene rings is 7. The highest BCUT2D eigenvalue weighted by atomic mass is 15.2. The normalized spacial score (nSPS) is 14.1. The second-order valence-electron chi connectivity index (χ2n) is 12.2. The lowest BCUT2D eigenvalue weighted by Crippen LogP contribution is -2.04. The molecule has 11 aromatic rings. The molecule has 0 radical (unpaired) electrons. The zero-order valence-electron chi connectivity index (χ0n) is 31.1. The molecule has 4 heteroatoms. The van der Waals surface area contributed by atoms with E-state index in [1.165, 1.54) is 0 Å². The van der Waals surface area contributed by atoms with Crippen LogP contribution in [0.2, 0.25) is 0 Å². The van der Waals surface area contributed by atoms with E-state index in [0.29, 0.717) is 44.2 Å². The molecule has 0 aliphatic carbocycles. The summed E-state index contributed by atoms with van der Waals surface area (Å²) in [6.45, 7) is 1.67. The van der Waals surface area contributed by atoms with Crippen LogP contribution in [0.1, 0.15) is 13.8 Å². The number of hydrogen-bond donors (Lipinski definition) is 0. The van der Waals surface area contributed by atoms with Crippen molar-refractivity contribution >= 4 is 81.6 Å². The average molecular weight is 605 g/mol. The standard InChI is InChI=1S/C43H26N4/c1-25-20-22-29-31-15-7-16-32-30-14-8-17-34-38(30)39-35(46(42(31)32)37(29)24-25)18-9-19-36(39)47(34)43-44-40(27-11-3-2-4-12-27)33-23-21-26-10-5-6-13-28(26)41(33)45-43/h2-24H,1H3/i7D,15D,16D,20D,22D,24D. The molecule has 0 unspecified atom stereocenters. The number of aromatic nitrogens is 4. The van der Waals surface area contributed by atoms with Crippen LogP contribution in [0.4, 0.5) is 0 Å². The maximum absolute atomic E-state index is 9.35. The molecule has 0 atom stereocenters. The van der Waals surface area contributed by atoms with Gasteiger partial charge in [-0.1, -0.05) is 109 Å². The van der Waals surface area contributed by atoms with Crippen molar-refractivity contribution in [2.75, 3.05) is 0 Å². The molecule has 7 aromatic carbocycles. The van der Waals surface area contributed by atoms with E-state index < -0.39 is 0 Å². The van der Waals surface area contributed by atoms with E-state index in [0.717, 1.165) is 54.7 Å². The predicted molar refractivity (Wildman–Crippen MR) is 196 cm³/mol. The van der Waals surface area contributed by atoms with Gasteiger partial charge in [-0.3, -0.25) is 4.57 Å². The first-order chi connectivity index (χ1) is 25.8. The van der Waals surface area contributed by atoms with Crippen molar-refractivity contribution in [1.29, 1.82) is 0 Å². The van der Waals surface area contributed by atoms with Gasteiger partial charge in [-0.2, -0.15) is 0 Å². The van der Waals surface area contributed by atoms with Gasteiger partial charge in [-0.25, -0.2) is 9.97 Å². The molecule has 0 fully saturated rings. The predicted octanol–water partition coefficient (Wildman–Crippen LogP) is 11.0. The van der Waals surface area contributed by atoms with E-state index >= 15 is 0 Å². The van der Waals surface area contributed by atoms with Crippen molar-refractivity contribution in [2.45, 2.75) is 6.92 Å². The summed E-state index contributed by atoms with van der Waals surface area (Å²) in [4.78, 5) is 10.6. The molecule has 4 aromatic heterocycles. The lowest BCUT2D eigenvalue weighted by molar-refractivity contribution is 1.02. The van der Waals surface area contributed by atoms with E-state index in [2.05, 4.69) is 41.0 Å². The molecule has 218 valence electrons. The second kappa shape index (κ2) is 8.93. The summed E-state index contributed by atoms with van der Waals surface area (Å²) in [6.07, 6.45) is 0. The summed E-state index contributed by atoms with van der Waals surface area (Å²) in [5, 5.41) is 6.45. The van der Waals surface area contributed by atoms with Crippen LogP contribution >= 0.6 is 0 Å². The van der Waals surface area contributed by atoms with Gasteiger partial charge in [0.25, 0.3) is 0 Å². The Hall–Kier alpha value is -6.26. The Balaban J connectivity index is 1.42. The maximum Gasteiger partial charge on any atom is 0.235 e. The number of rotatable bonds is 2. The van der Waals surface area contributed by atoms with E-state index in [4.69, 9.17) is 15.5 Å². The average Bonchev–Trinajstić information content (AvgIpc) is 3.68. The molecular weight excluding hydrogens is 573 g/mol. The molecule has 4 nitrogen and oxygen atoms in total. The highest BCUT2D eigenvalue weighted by molar-refractivity contribution is 6.31. The maximum atomic E-state index is 9.35. The molecule has 4 heterocycles. The van der Waals surface area contributed by atoms with Crippen molar-refractivity contribution in [3.05, 3.63) is 145 Å². The zero-order valence-corrected chi connectivity index (χ0v) is 25.1. The topological polar surface area (TPSA) is 35.1 Å². The monoisotopic (exact) mass is 604 g/mol. The first kappa shape index (κ1) is 20.0. The van der Waals surface area contributed by atoms with E-state index in [9.17, 15) is 2.74 Å². The summed E-state index contributed by atoms with van der Waals surface area (Å²) in [6, 6.07) is 33.7. The number of para-hydroxylation sites is 1. The molecule has 0 aliphatic heterocycles. The molecule has 0 saturated carbocycles. The Morgan fingerprint density at radius 2 is 1.30 bits per heavy atom. The number of hydrogen-bond acceptors (Lipinski definition) is 2. The Labute approximate surface area is 277 Å². The number of fused-ring (bicyclic) bond motifs is 8. The van der Waals surface area contributed by atoms with Crippen molar-refractivity contribution in [3.63, 3.8) is 0 Å². The van der Waals surface area contributed by atoms with Crippen molar-refractivity contribution in [2.24, 2.45) is 0 Å². The lowest BCUT2D eigenvalue weighted by atomic mass is 10.0. The Morgan fingerprint density at radius 3 is 2.19 bits per heavy atom. The molecule has 0 spiro atoms. The minimum Gasteiger partial charge on any atom is -0.308 e. The van der Waals surface area contributed by atoms with Crippen LogP contribution in [0.25, 0.3) is 98.8 Å². The van der Waals surface area contributed by atoms with Crippen molar-refractivity contribution < 1.29 is 8.22 Å². The van der Waals surface area contributed by atoms with Gasteiger partial charge in [0, 0.05) is 43.3 Å². The van der Waals surface area contributed by atoms with Crippen molar-refractivity contribution in [1.82, 2.24) is 18.9 Å². The highest BCUT2D eigenvalue weighted by Gasteiger charge is 2.23. The molecule has 0 saturated heterocycles. The third kappa shape index (κ3) is 3.21. The van der Waals surface area contributed by atoms with Crippen LogP contribution in [-0.2, 0) is 0 Å². The zero-order chi connectivity index (χ0) is 36.0. The van der Waals surface area contributed by atoms with Gasteiger partial charge in [0.05, 0.1) is 47.0 Å². The molecule has 11 rings (SSSR count). The van der Waals surface area contributed by atoms with E-state index in [1.807, 2.05) is 71.1 Å². The SMILES string of the molecule is [2H]c1c(C)c([2H])c2c(c1[2H])c1c([2H])c([2H])c([2H])c3c4cccc5c4c4c(cccc4n2c31)n5-c1nc(-c2ccccc2)c2ccc3ccccc3c2n1. The van der Waals surface area contributed by atoms with Crippen LogP contribution in [0.3, 0.4) is 0 Å². The molecule has 47 heavy (non-hydrogen) atoms. The van der Waals surface area contributed by atoms with Gasteiger partial charge in [0.2, 0.25) is 5.95 Å². The molecule has 0 bridgehead atoms. The third-order valence-electron chi connectivity index (χ3n) is 9.60. The van der Waals surface area contributed by atoms with Gasteiger partial charge in [0.1, 0.15) is 0 Å². The number of nitrogens with zero attached hydrogens (tertiary/aromatic N) is 4. The van der Waals surface area contributed by atoms with Gasteiger partial charge in [0.15, 0.2) is 0 Å². The van der Waals surface area contributed by atoms with Crippen LogP contribution in [0.5, 0.6) is 0 Å². The summed E-state index contributed by atoms with van der Waals surface area (Å²) >= 11 is 0. The summed E-state index contributed by atoms with van der Waals surface area (Å²) in [5.74, 6) is 0.475. The molecule has 0 aliphatic rings. The Bertz CT molecular complexity index is 3420. The van der Waals surface area contributed by atoms with Crippen LogP contribution in [-0.4, -0.2) is 18.9 Å². The summed E-state index contributed by atoms with van der Waals surface area (Å²) < 4.78 is 58.6. The third-order valence-corrected chi connectivity index (χ3v) is 9.60. The molecule has 0 amide bonds. The van der Waals surface area contributed by atoms with Crippen LogP contribution in [0, 0.1) is 6.92 Å².